The van der Waals surface area contributed by atoms with E-state index in [1.165, 1.54) is 0 Å². The normalized spacial score (nSPS) is 10.3. The standard InChI is InChI=1S/C10H17N3O2/c1-12(2)10-7-9(8-15)11-13(10)5-3-4-6-14/h6-7,15H,3-5,8H2,1-2H3. The van der Waals surface area contributed by atoms with Crippen LogP contribution in [0.2, 0.25) is 0 Å². The van der Waals surface area contributed by atoms with Crippen LogP contribution >= 0.6 is 0 Å². The predicted molar refractivity (Wildman–Crippen MR) is 57.8 cm³/mol. The fraction of sp³-hybridized carbons (Fsp3) is 0.600. The van der Waals surface area contributed by atoms with Crippen molar-refractivity contribution in [1.29, 1.82) is 0 Å². The van der Waals surface area contributed by atoms with E-state index in [1.54, 1.807) is 0 Å². The fourth-order valence-electron chi connectivity index (χ4n) is 1.38. The highest BCUT2D eigenvalue weighted by atomic mass is 16.3. The average Bonchev–Trinajstić information content (AvgIpc) is 2.62. The number of aliphatic hydroxyl groups excluding tert-OH is 1. The minimum absolute atomic E-state index is 0.0540. The molecular weight excluding hydrogens is 194 g/mol. The Labute approximate surface area is 89.3 Å². The molecule has 1 heterocycles. The Morgan fingerprint density at radius 1 is 1.60 bits per heavy atom. The lowest BCUT2D eigenvalue weighted by Crippen LogP contribution is -2.15. The fourth-order valence-corrected chi connectivity index (χ4v) is 1.38. The quantitative estimate of drug-likeness (QED) is 0.547. The van der Waals surface area contributed by atoms with Crippen LogP contribution in [-0.4, -0.2) is 35.3 Å². The van der Waals surface area contributed by atoms with Crippen LogP contribution in [0.3, 0.4) is 0 Å². The zero-order valence-corrected chi connectivity index (χ0v) is 9.18. The van der Waals surface area contributed by atoms with Gasteiger partial charge in [0.05, 0.1) is 12.3 Å². The van der Waals surface area contributed by atoms with Crippen molar-refractivity contribution in [2.24, 2.45) is 0 Å². The maximum Gasteiger partial charge on any atom is 0.126 e. The first-order valence-electron chi connectivity index (χ1n) is 4.97. The molecule has 1 N–H and O–H groups in total. The number of nitrogens with zero attached hydrogens (tertiary/aromatic N) is 3. The lowest BCUT2D eigenvalue weighted by Gasteiger charge is -2.13. The van der Waals surface area contributed by atoms with Crippen LogP contribution < -0.4 is 4.90 Å². The van der Waals surface area contributed by atoms with Crippen molar-refractivity contribution < 1.29 is 9.90 Å². The number of hydrogen-bond donors (Lipinski definition) is 1. The third-order valence-corrected chi connectivity index (χ3v) is 2.12. The molecule has 0 spiro atoms. The summed E-state index contributed by atoms with van der Waals surface area (Å²) in [5.74, 6) is 0.949. The first-order valence-corrected chi connectivity index (χ1v) is 4.97. The molecule has 0 aliphatic rings. The molecular formula is C10H17N3O2. The number of anilines is 1. The number of carbonyl (C=O) groups excluding carboxylic acids is 1. The van der Waals surface area contributed by atoms with Crippen LogP contribution in [-0.2, 0) is 17.9 Å². The van der Waals surface area contributed by atoms with Crippen molar-refractivity contribution in [3.05, 3.63) is 11.8 Å². The molecule has 0 unspecified atom stereocenters. The highest BCUT2D eigenvalue weighted by molar-refractivity contribution is 5.49. The molecule has 0 bridgehead atoms. The van der Waals surface area contributed by atoms with E-state index in [0.717, 1.165) is 18.5 Å². The van der Waals surface area contributed by atoms with E-state index < -0.39 is 0 Å². The monoisotopic (exact) mass is 211 g/mol. The van der Waals surface area contributed by atoms with Crippen molar-refractivity contribution in [2.45, 2.75) is 26.0 Å². The molecule has 5 nitrogen and oxygen atoms in total. The summed E-state index contributed by atoms with van der Waals surface area (Å²) in [5.41, 5.74) is 0.657. The van der Waals surface area contributed by atoms with E-state index in [-0.39, 0.29) is 6.61 Å². The van der Waals surface area contributed by atoms with Crippen molar-refractivity contribution in [2.75, 3.05) is 19.0 Å². The van der Waals surface area contributed by atoms with E-state index in [4.69, 9.17) is 5.11 Å². The van der Waals surface area contributed by atoms with Gasteiger partial charge < -0.3 is 14.8 Å². The molecule has 0 aliphatic heterocycles. The summed E-state index contributed by atoms with van der Waals surface area (Å²) < 4.78 is 1.81. The second kappa shape index (κ2) is 5.50. The Morgan fingerprint density at radius 3 is 2.87 bits per heavy atom. The van der Waals surface area contributed by atoms with E-state index in [1.807, 2.05) is 29.7 Å². The third-order valence-electron chi connectivity index (χ3n) is 2.12. The van der Waals surface area contributed by atoms with Crippen LogP contribution in [0.4, 0.5) is 5.82 Å². The first kappa shape index (κ1) is 11.7. The highest BCUT2D eigenvalue weighted by Crippen LogP contribution is 2.14. The number of hydrogen-bond acceptors (Lipinski definition) is 4. The third kappa shape index (κ3) is 3.06. The molecule has 1 aromatic heterocycles. The number of aliphatic hydroxyl groups is 1. The zero-order valence-electron chi connectivity index (χ0n) is 9.18. The SMILES string of the molecule is CN(C)c1cc(CO)nn1CCCC=O. The Balaban J connectivity index is 2.74. The van der Waals surface area contributed by atoms with Gasteiger partial charge in [-0.15, -0.1) is 0 Å². The van der Waals surface area contributed by atoms with Crippen LogP contribution in [0.15, 0.2) is 6.07 Å². The van der Waals surface area contributed by atoms with Gasteiger partial charge in [0.15, 0.2) is 0 Å². The maximum absolute atomic E-state index is 10.2. The van der Waals surface area contributed by atoms with E-state index in [2.05, 4.69) is 5.10 Å². The molecule has 0 aliphatic carbocycles. The van der Waals surface area contributed by atoms with Crippen molar-refractivity contribution in [3.8, 4) is 0 Å². The number of unbranched alkanes of at least 4 members (excludes halogenated alkanes) is 1. The Hall–Kier alpha value is -1.36. The van der Waals surface area contributed by atoms with Crippen LogP contribution in [0.25, 0.3) is 0 Å². The van der Waals surface area contributed by atoms with E-state index in [9.17, 15) is 4.79 Å². The zero-order chi connectivity index (χ0) is 11.3. The summed E-state index contributed by atoms with van der Waals surface area (Å²) in [4.78, 5) is 12.1. The van der Waals surface area contributed by atoms with Gasteiger partial charge in [-0.25, -0.2) is 4.68 Å². The van der Waals surface area contributed by atoms with Crippen molar-refractivity contribution in [1.82, 2.24) is 9.78 Å². The van der Waals surface area contributed by atoms with Crippen LogP contribution in [0, 0.1) is 0 Å². The minimum atomic E-state index is -0.0540. The van der Waals surface area contributed by atoms with E-state index >= 15 is 0 Å². The summed E-state index contributed by atoms with van der Waals surface area (Å²) in [6.07, 6.45) is 2.23. The minimum Gasteiger partial charge on any atom is -0.390 e. The smallest absolute Gasteiger partial charge is 0.126 e. The molecule has 84 valence electrons. The maximum atomic E-state index is 10.2. The molecule has 0 radical (unpaired) electrons. The second-order valence-electron chi connectivity index (χ2n) is 3.58. The molecule has 1 aromatic rings. The molecule has 0 fully saturated rings. The van der Waals surface area contributed by atoms with Gasteiger partial charge >= 0.3 is 0 Å². The topological polar surface area (TPSA) is 58.4 Å². The Bertz CT molecular complexity index is 320. The largest absolute Gasteiger partial charge is 0.390 e. The van der Waals surface area contributed by atoms with Crippen LogP contribution in [0.1, 0.15) is 18.5 Å². The lowest BCUT2D eigenvalue weighted by molar-refractivity contribution is -0.107. The summed E-state index contributed by atoms with van der Waals surface area (Å²) in [6, 6.07) is 1.85. The Kier molecular flexibility index (Phi) is 4.30. The number of aromatic nitrogens is 2. The van der Waals surface area contributed by atoms with Gasteiger partial charge in [-0.1, -0.05) is 0 Å². The molecule has 0 amide bonds. The summed E-state index contributed by atoms with van der Waals surface area (Å²) in [6.45, 7) is 0.647. The molecule has 0 saturated heterocycles. The summed E-state index contributed by atoms with van der Waals surface area (Å²) in [5, 5.41) is 13.2. The van der Waals surface area contributed by atoms with Gasteiger partial charge in [0.2, 0.25) is 0 Å². The van der Waals surface area contributed by atoms with E-state index in [0.29, 0.717) is 18.7 Å². The second-order valence-corrected chi connectivity index (χ2v) is 3.58. The van der Waals surface area contributed by atoms with Gasteiger partial charge in [-0.05, 0) is 6.42 Å². The molecule has 5 heteroatoms. The molecule has 0 aromatic carbocycles. The lowest BCUT2D eigenvalue weighted by atomic mass is 10.3. The number of carbonyl (C=O) groups is 1. The number of rotatable bonds is 6. The van der Waals surface area contributed by atoms with Crippen LogP contribution in [0.5, 0.6) is 0 Å². The van der Waals surface area contributed by atoms with Crippen molar-refractivity contribution in [3.63, 3.8) is 0 Å². The predicted octanol–water partition coefficient (Wildman–Crippen LogP) is 0.420. The summed E-state index contributed by atoms with van der Waals surface area (Å²) in [7, 11) is 3.85. The average molecular weight is 211 g/mol. The van der Waals surface area contributed by atoms with Gasteiger partial charge in [0, 0.05) is 33.1 Å². The van der Waals surface area contributed by atoms with Gasteiger partial charge in [0.25, 0.3) is 0 Å². The summed E-state index contributed by atoms with van der Waals surface area (Å²) >= 11 is 0. The number of aldehydes is 1. The highest BCUT2D eigenvalue weighted by Gasteiger charge is 2.08. The van der Waals surface area contributed by atoms with Crippen molar-refractivity contribution >= 4 is 12.1 Å². The molecule has 15 heavy (non-hydrogen) atoms. The van der Waals surface area contributed by atoms with Gasteiger partial charge in [-0.3, -0.25) is 0 Å². The van der Waals surface area contributed by atoms with Gasteiger partial charge in [-0.2, -0.15) is 5.10 Å². The first-order chi connectivity index (χ1) is 7.19. The molecule has 1 rings (SSSR count). The molecule has 0 atom stereocenters. The number of aryl methyl sites for hydroxylation is 1. The van der Waals surface area contributed by atoms with Gasteiger partial charge in [0.1, 0.15) is 12.1 Å². The molecule has 0 saturated carbocycles. The Morgan fingerprint density at radius 2 is 2.33 bits per heavy atom.